The van der Waals surface area contributed by atoms with Crippen LogP contribution in [0.25, 0.3) is 0 Å². The van der Waals surface area contributed by atoms with E-state index in [0.717, 1.165) is 6.07 Å². The van der Waals surface area contributed by atoms with E-state index in [4.69, 9.17) is 21.1 Å². The molecular formula is C24H33ClF2N2O6S. The summed E-state index contributed by atoms with van der Waals surface area (Å²) in [4.78, 5) is 13.3. The van der Waals surface area contributed by atoms with Crippen LogP contribution in [0.2, 0.25) is 0 Å². The molecule has 8 nitrogen and oxygen atoms in total. The van der Waals surface area contributed by atoms with Gasteiger partial charge in [-0.05, 0) is 49.6 Å². The number of fused-ring (bicyclic) bond motifs is 1. The van der Waals surface area contributed by atoms with Gasteiger partial charge in [-0.3, -0.25) is 4.79 Å². The van der Waals surface area contributed by atoms with Crippen molar-refractivity contribution >= 4 is 29.3 Å². The predicted octanol–water partition coefficient (Wildman–Crippen LogP) is 1.10. The van der Waals surface area contributed by atoms with E-state index in [1.807, 2.05) is 0 Å². The zero-order valence-corrected chi connectivity index (χ0v) is 21.6. The molecule has 11 atom stereocenters. The Labute approximate surface area is 218 Å². The van der Waals surface area contributed by atoms with Gasteiger partial charge in [0.15, 0.2) is 0 Å². The first-order valence-corrected chi connectivity index (χ1v) is 13.8. The molecule has 4 rings (SSSR count). The number of nitrogens with one attached hydrogen (secondary N) is 2. The maximum atomic E-state index is 13.8. The molecule has 2 unspecified atom stereocenters. The van der Waals surface area contributed by atoms with Crippen LogP contribution >= 0.6 is 23.4 Å². The molecule has 0 aliphatic carbocycles. The summed E-state index contributed by atoms with van der Waals surface area (Å²) >= 11 is 7.55. The summed E-state index contributed by atoms with van der Waals surface area (Å²) in [5.41, 5.74) is -0.222. The summed E-state index contributed by atoms with van der Waals surface area (Å²) in [6.07, 6.45) is -2.83. The quantitative estimate of drug-likeness (QED) is 0.334. The van der Waals surface area contributed by atoms with Crippen LogP contribution in [0.5, 0.6) is 0 Å². The fourth-order valence-electron chi connectivity index (χ4n) is 5.50. The summed E-state index contributed by atoms with van der Waals surface area (Å²) in [5.74, 6) is -1.80. The van der Waals surface area contributed by atoms with E-state index >= 15 is 0 Å². The Morgan fingerprint density at radius 1 is 1.19 bits per heavy atom. The van der Waals surface area contributed by atoms with E-state index in [9.17, 15) is 28.9 Å². The Hall–Kier alpha value is -1.05. The minimum atomic E-state index is -1.46. The number of halogens is 3. The number of aliphatic hydroxyl groups is 3. The van der Waals surface area contributed by atoms with Gasteiger partial charge in [-0.2, -0.15) is 0 Å². The van der Waals surface area contributed by atoms with Crippen molar-refractivity contribution in [3.05, 3.63) is 35.4 Å². The number of hydrogen-bond donors (Lipinski definition) is 5. The van der Waals surface area contributed by atoms with Crippen molar-refractivity contribution in [2.45, 2.75) is 79.1 Å². The first-order valence-electron chi connectivity index (χ1n) is 12.1. The first kappa shape index (κ1) is 28.0. The topological polar surface area (TPSA) is 120 Å². The third-order valence-corrected chi connectivity index (χ3v) is 8.52. The molecule has 3 heterocycles. The highest BCUT2D eigenvalue weighted by atomic mass is 35.5. The Morgan fingerprint density at radius 3 is 2.53 bits per heavy atom. The minimum Gasteiger partial charge on any atom is -0.388 e. The predicted molar refractivity (Wildman–Crippen MR) is 131 cm³/mol. The lowest BCUT2D eigenvalue weighted by molar-refractivity contribution is -0.205. The SMILES string of the molecule is CSC1O[C@H]([C@H](NC(=O)[C@H]2NC[C@@H]3C[C@@H](c4cc(F)cc(F)c4)CCO[C@H]32)[C@H](C)Cl)[C@@H](O)C(O)[C@H]1O. The van der Waals surface area contributed by atoms with Crippen molar-refractivity contribution in [1.82, 2.24) is 10.6 Å². The van der Waals surface area contributed by atoms with Crippen LogP contribution in [0.15, 0.2) is 18.2 Å². The lowest BCUT2D eigenvalue weighted by Crippen LogP contribution is -2.65. The number of thioether (sulfide) groups is 1. The van der Waals surface area contributed by atoms with Gasteiger partial charge >= 0.3 is 0 Å². The smallest absolute Gasteiger partial charge is 0.240 e. The molecule has 1 aromatic carbocycles. The van der Waals surface area contributed by atoms with Gasteiger partial charge in [0, 0.05) is 25.1 Å². The Morgan fingerprint density at radius 2 is 1.89 bits per heavy atom. The van der Waals surface area contributed by atoms with Crippen molar-refractivity contribution in [3.63, 3.8) is 0 Å². The fourth-order valence-corrected chi connectivity index (χ4v) is 6.38. The standard InChI is InChI=1S/C24H33ClF2N2O6S/c1-10(25)16(22-19(31)18(30)20(32)24(35-22)36-2)29-23(33)17-21-13(9-28-17)5-11(3-4-34-21)12-6-14(26)8-15(27)7-12/h6-8,10-11,13,16-22,24,28,30-32H,3-5,9H2,1-2H3,(H,29,33)/t10-,11-,13-,16+,17-,18?,19-,20+,21+,22+,24?/m0/s1. The van der Waals surface area contributed by atoms with Gasteiger partial charge < -0.3 is 35.4 Å². The van der Waals surface area contributed by atoms with Crippen LogP contribution in [0.1, 0.15) is 31.2 Å². The molecule has 3 aliphatic heterocycles. The zero-order valence-electron chi connectivity index (χ0n) is 20.0. The Balaban J connectivity index is 1.45. The lowest BCUT2D eigenvalue weighted by Gasteiger charge is -2.44. The summed E-state index contributed by atoms with van der Waals surface area (Å²) in [7, 11) is 0. The molecule has 12 heteroatoms. The van der Waals surface area contributed by atoms with Crippen LogP contribution < -0.4 is 10.6 Å². The van der Waals surface area contributed by atoms with E-state index < -0.39 is 71.0 Å². The number of carbonyl (C=O) groups is 1. The van der Waals surface area contributed by atoms with Crippen molar-refractivity contribution in [1.29, 1.82) is 0 Å². The number of carbonyl (C=O) groups excluding carboxylic acids is 1. The summed E-state index contributed by atoms with van der Waals surface area (Å²) in [5, 5.41) is 36.4. The molecule has 0 radical (unpaired) electrons. The third-order valence-electron chi connectivity index (χ3n) is 7.39. The second-order valence-corrected chi connectivity index (χ2v) is 11.4. The third kappa shape index (κ3) is 5.83. The molecule has 0 aromatic heterocycles. The molecular weight excluding hydrogens is 518 g/mol. The molecule has 5 N–H and O–H groups in total. The molecule has 1 aromatic rings. The van der Waals surface area contributed by atoms with Crippen molar-refractivity contribution in [3.8, 4) is 0 Å². The van der Waals surface area contributed by atoms with Gasteiger partial charge in [0.05, 0.1) is 17.5 Å². The molecule has 0 saturated carbocycles. The zero-order chi connectivity index (χ0) is 26.1. The fraction of sp³-hybridized carbons (Fsp3) is 0.708. The number of ether oxygens (including phenoxy) is 2. The van der Waals surface area contributed by atoms with Gasteiger partial charge in [-0.15, -0.1) is 23.4 Å². The van der Waals surface area contributed by atoms with E-state index in [1.165, 1.54) is 23.9 Å². The maximum absolute atomic E-state index is 13.8. The summed E-state index contributed by atoms with van der Waals surface area (Å²) < 4.78 is 39.4. The first-order chi connectivity index (χ1) is 17.1. The second-order valence-electron chi connectivity index (χ2n) is 9.79. The maximum Gasteiger partial charge on any atom is 0.240 e. The number of hydrogen-bond acceptors (Lipinski definition) is 8. The summed E-state index contributed by atoms with van der Waals surface area (Å²) in [6.45, 7) is 2.46. The van der Waals surface area contributed by atoms with Crippen LogP contribution in [0.4, 0.5) is 8.78 Å². The molecule has 0 spiro atoms. The number of amides is 1. The van der Waals surface area contributed by atoms with E-state index in [1.54, 1.807) is 13.2 Å². The van der Waals surface area contributed by atoms with E-state index in [-0.39, 0.29) is 11.8 Å². The normalized spacial score (nSPS) is 38.6. The van der Waals surface area contributed by atoms with E-state index in [2.05, 4.69) is 10.6 Å². The van der Waals surface area contributed by atoms with Gasteiger partial charge in [0.25, 0.3) is 0 Å². The molecule has 3 saturated heterocycles. The van der Waals surface area contributed by atoms with Crippen molar-refractivity contribution in [2.75, 3.05) is 19.4 Å². The monoisotopic (exact) mass is 550 g/mol. The molecule has 3 aliphatic rings. The second kappa shape index (κ2) is 11.8. The lowest BCUT2D eigenvalue weighted by atomic mass is 9.85. The number of alkyl halides is 1. The number of rotatable bonds is 6. The van der Waals surface area contributed by atoms with Crippen LogP contribution in [-0.2, 0) is 14.3 Å². The van der Waals surface area contributed by atoms with Gasteiger partial charge in [-0.1, -0.05) is 0 Å². The van der Waals surface area contributed by atoms with Crippen LogP contribution in [0, 0.1) is 17.6 Å². The summed E-state index contributed by atoms with van der Waals surface area (Å²) in [6, 6.07) is 1.97. The van der Waals surface area contributed by atoms with Crippen molar-refractivity contribution in [2.24, 2.45) is 5.92 Å². The van der Waals surface area contributed by atoms with Crippen molar-refractivity contribution < 1.29 is 38.4 Å². The van der Waals surface area contributed by atoms with Crippen LogP contribution in [0.3, 0.4) is 0 Å². The van der Waals surface area contributed by atoms with Gasteiger partial charge in [0.2, 0.25) is 5.91 Å². The number of benzene rings is 1. The number of aliphatic hydroxyl groups excluding tert-OH is 3. The van der Waals surface area contributed by atoms with Gasteiger partial charge in [0.1, 0.15) is 47.5 Å². The molecule has 36 heavy (non-hydrogen) atoms. The Kier molecular flexibility index (Phi) is 9.15. The largest absolute Gasteiger partial charge is 0.388 e. The molecule has 202 valence electrons. The average Bonchev–Trinajstić information content (AvgIpc) is 3.10. The van der Waals surface area contributed by atoms with E-state index in [0.29, 0.717) is 31.6 Å². The highest BCUT2D eigenvalue weighted by Crippen LogP contribution is 2.37. The highest BCUT2D eigenvalue weighted by molar-refractivity contribution is 7.99. The van der Waals surface area contributed by atoms with Crippen LogP contribution in [-0.4, -0.2) is 94.1 Å². The van der Waals surface area contributed by atoms with Gasteiger partial charge in [-0.25, -0.2) is 8.78 Å². The minimum absolute atomic E-state index is 0.0548. The average molecular weight is 551 g/mol. The molecule has 1 amide bonds. The molecule has 3 fully saturated rings. The molecule has 0 bridgehead atoms. The Bertz CT molecular complexity index is 910. The highest BCUT2D eigenvalue weighted by Gasteiger charge is 2.49.